The second kappa shape index (κ2) is 5.82. The van der Waals surface area contributed by atoms with Gasteiger partial charge in [-0.05, 0) is 0 Å². The zero-order chi connectivity index (χ0) is 13.9. The summed E-state index contributed by atoms with van der Waals surface area (Å²) in [4.78, 5) is 14.5. The van der Waals surface area contributed by atoms with Crippen molar-refractivity contribution in [1.29, 1.82) is 0 Å². The molecular formula is C17H17NOSe. The quantitative estimate of drug-likeness (QED) is 0.622. The third kappa shape index (κ3) is 2.65. The fourth-order valence-electron chi connectivity index (χ4n) is 2.45. The van der Waals surface area contributed by atoms with Gasteiger partial charge in [-0.2, -0.15) is 0 Å². The molecule has 2 atom stereocenters. The summed E-state index contributed by atoms with van der Waals surface area (Å²) in [6.45, 7) is 2.90. The molecular weight excluding hydrogens is 313 g/mol. The molecule has 0 spiro atoms. The van der Waals surface area contributed by atoms with E-state index in [-0.39, 0.29) is 19.8 Å². The summed E-state index contributed by atoms with van der Waals surface area (Å²) in [5, 5.41) is 0. The van der Waals surface area contributed by atoms with Crippen LogP contribution in [0.25, 0.3) is 0 Å². The predicted molar refractivity (Wildman–Crippen MR) is 82.0 cm³/mol. The number of carbonyl (C=O) groups is 1. The molecule has 1 fully saturated rings. The van der Waals surface area contributed by atoms with Crippen LogP contribution in [0.4, 0.5) is 0 Å². The fraction of sp³-hybridized carbons (Fsp3) is 0.235. The first-order chi connectivity index (χ1) is 9.75. The number of likely N-dealkylation sites (tertiary alicyclic amines) is 1. The predicted octanol–water partition coefficient (Wildman–Crippen LogP) is 2.24. The van der Waals surface area contributed by atoms with E-state index in [9.17, 15) is 4.79 Å². The Kier molecular flexibility index (Phi) is 3.90. The Labute approximate surface area is 126 Å². The van der Waals surface area contributed by atoms with Crippen molar-refractivity contribution in [3.8, 4) is 0 Å². The molecule has 0 saturated carbocycles. The van der Waals surface area contributed by atoms with E-state index in [0.717, 1.165) is 6.54 Å². The maximum atomic E-state index is 12.3. The molecule has 0 unspecified atom stereocenters. The molecule has 20 heavy (non-hydrogen) atoms. The first kappa shape index (κ1) is 13.4. The van der Waals surface area contributed by atoms with Crippen LogP contribution in [0.3, 0.4) is 0 Å². The second-order valence-electron chi connectivity index (χ2n) is 5.04. The van der Waals surface area contributed by atoms with Gasteiger partial charge in [0.05, 0.1) is 0 Å². The Morgan fingerprint density at radius 3 is 2.20 bits per heavy atom. The molecule has 2 aromatic rings. The molecule has 2 aromatic carbocycles. The molecule has 0 aliphatic carbocycles. The molecule has 3 rings (SSSR count). The molecule has 0 aromatic heterocycles. The van der Waals surface area contributed by atoms with Crippen molar-refractivity contribution in [2.45, 2.75) is 24.3 Å². The summed E-state index contributed by atoms with van der Waals surface area (Å²) >= 11 is 0.241. The monoisotopic (exact) mass is 331 g/mol. The summed E-state index contributed by atoms with van der Waals surface area (Å²) in [6, 6.07) is 20.9. The van der Waals surface area contributed by atoms with Crippen molar-refractivity contribution in [3.05, 3.63) is 66.2 Å². The van der Waals surface area contributed by atoms with Crippen LogP contribution < -0.4 is 4.46 Å². The van der Waals surface area contributed by atoms with Gasteiger partial charge in [0, 0.05) is 0 Å². The molecule has 0 bridgehead atoms. The number of carbonyl (C=O) groups excluding carboxylic acids is 1. The molecule has 0 N–H and O–H groups in total. The molecule has 102 valence electrons. The standard InChI is InChI=1S/C17H17NOSe/c1-13-16(20-15-10-6-3-7-11-15)17(19)18(13)12-14-8-4-2-5-9-14/h2-11,13,16H,12H2,1H3/t13-,16+/m1/s1. The Balaban J connectivity index is 1.63. The van der Waals surface area contributed by atoms with Gasteiger partial charge in [0.25, 0.3) is 0 Å². The summed E-state index contributed by atoms with van der Waals surface area (Å²) in [5.41, 5.74) is 1.21. The molecule has 0 radical (unpaired) electrons. The van der Waals surface area contributed by atoms with Crippen LogP contribution in [0, 0.1) is 0 Å². The van der Waals surface area contributed by atoms with Crippen molar-refractivity contribution in [1.82, 2.24) is 4.90 Å². The van der Waals surface area contributed by atoms with E-state index in [1.165, 1.54) is 10.0 Å². The summed E-state index contributed by atoms with van der Waals surface area (Å²) < 4.78 is 1.31. The minimum atomic E-state index is 0.202. The molecule has 3 heteroatoms. The van der Waals surface area contributed by atoms with Crippen LogP contribution >= 0.6 is 0 Å². The van der Waals surface area contributed by atoms with Gasteiger partial charge in [0.1, 0.15) is 0 Å². The second-order valence-corrected chi connectivity index (χ2v) is 7.59. The summed E-state index contributed by atoms with van der Waals surface area (Å²) in [6.07, 6.45) is 0. The van der Waals surface area contributed by atoms with Gasteiger partial charge in [0.15, 0.2) is 0 Å². The number of rotatable bonds is 4. The van der Waals surface area contributed by atoms with E-state index in [1.807, 2.05) is 41.3 Å². The third-order valence-corrected chi connectivity index (χ3v) is 6.58. The van der Waals surface area contributed by atoms with Crippen LogP contribution in [0.2, 0.25) is 4.82 Å². The number of benzene rings is 2. The first-order valence-corrected chi connectivity index (χ1v) is 8.66. The van der Waals surface area contributed by atoms with Crippen molar-refractivity contribution in [3.63, 3.8) is 0 Å². The molecule has 1 saturated heterocycles. The van der Waals surface area contributed by atoms with E-state index >= 15 is 0 Å². The van der Waals surface area contributed by atoms with E-state index in [4.69, 9.17) is 0 Å². The maximum absolute atomic E-state index is 12.3. The molecule has 2 nitrogen and oxygen atoms in total. The van der Waals surface area contributed by atoms with Gasteiger partial charge in [0.2, 0.25) is 0 Å². The van der Waals surface area contributed by atoms with Crippen molar-refractivity contribution in [2.75, 3.05) is 0 Å². The SMILES string of the molecule is C[C@@H]1[C@H]([Se]c2ccccc2)C(=O)N1Cc1ccccc1. The Morgan fingerprint density at radius 2 is 1.60 bits per heavy atom. The number of nitrogens with zero attached hydrogens (tertiary/aromatic N) is 1. The molecule has 1 heterocycles. The Hall–Kier alpha value is -1.57. The topological polar surface area (TPSA) is 20.3 Å². The van der Waals surface area contributed by atoms with Gasteiger partial charge in [-0.1, -0.05) is 0 Å². The number of hydrogen-bond donors (Lipinski definition) is 0. The van der Waals surface area contributed by atoms with Gasteiger partial charge in [-0.3, -0.25) is 0 Å². The van der Waals surface area contributed by atoms with E-state index < -0.39 is 0 Å². The zero-order valence-electron chi connectivity index (χ0n) is 11.4. The number of hydrogen-bond acceptors (Lipinski definition) is 1. The average Bonchev–Trinajstić information content (AvgIpc) is 2.52. The first-order valence-electron chi connectivity index (χ1n) is 6.82. The van der Waals surface area contributed by atoms with Crippen LogP contribution in [-0.4, -0.2) is 31.8 Å². The van der Waals surface area contributed by atoms with Crippen LogP contribution in [0.1, 0.15) is 12.5 Å². The van der Waals surface area contributed by atoms with Crippen molar-refractivity contribution < 1.29 is 4.79 Å². The average molecular weight is 330 g/mol. The third-order valence-electron chi connectivity index (χ3n) is 3.66. The van der Waals surface area contributed by atoms with E-state index in [2.05, 4.69) is 31.2 Å². The van der Waals surface area contributed by atoms with Crippen LogP contribution in [0.5, 0.6) is 0 Å². The molecule has 1 aliphatic heterocycles. The van der Waals surface area contributed by atoms with Gasteiger partial charge in [-0.15, -0.1) is 0 Å². The van der Waals surface area contributed by atoms with Gasteiger partial charge < -0.3 is 0 Å². The number of β-lactam (4-membered cyclic amide) rings is 1. The van der Waals surface area contributed by atoms with Crippen LogP contribution in [0.15, 0.2) is 60.7 Å². The normalized spacial score (nSPS) is 21.6. The number of amides is 1. The van der Waals surface area contributed by atoms with E-state index in [1.54, 1.807) is 0 Å². The Bertz CT molecular complexity index is 533. The Morgan fingerprint density at radius 1 is 1.00 bits per heavy atom. The fourth-order valence-corrected chi connectivity index (χ4v) is 4.94. The van der Waals surface area contributed by atoms with Gasteiger partial charge >= 0.3 is 126 Å². The van der Waals surface area contributed by atoms with Crippen molar-refractivity contribution in [2.24, 2.45) is 0 Å². The van der Waals surface area contributed by atoms with Gasteiger partial charge in [-0.25, -0.2) is 0 Å². The van der Waals surface area contributed by atoms with Crippen LogP contribution in [-0.2, 0) is 11.3 Å². The van der Waals surface area contributed by atoms with Crippen molar-refractivity contribution >= 4 is 25.3 Å². The minimum absolute atomic E-state index is 0.202. The zero-order valence-corrected chi connectivity index (χ0v) is 13.1. The van der Waals surface area contributed by atoms with E-state index in [0.29, 0.717) is 11.9 Å². The molecule has 1 aliphatic rings. The summed E-state index contributed by atoms with van der Waals surface area (Å²) in [5.74, 6) is 0.310. The molecule has 1 amide bonds. The summed E-state index contributed by atoms with van der Waals surface area (Å²) in [7, 11) is 0.